The Morgan fingerprint density at radius 3 is 2.14 bits per heavy atom. The molecule has 0 spiro atoms. The molecular weight excluding hydrogens is 352 g/mol. The number of hydrogen-bond acceptors (Lipinski definition) is 1. The minimum absolute atomic E-state index is 0.109. The zero-order valence-electron chi connectivity index (χ0n) is 17.7. The Morgan fingerprint density at radius 1 is 0.759 bits per heavy atom. The van der Waals surface area contributed by atoms with Gasteiger partial charge in [0.15, 0.2) is 0 Å². The van der Waals surface area contributed by atoms with Gasteiger partial charge in [-0.2, -0.15) is 5.10 Å². The second-order valence-corrected chi connectivity index (χ2v) is 9.11. The molecule has 0 amide bonds. The molecule has 0 saturated carbocycles. The minimum Gasteiger partial charge on any atom is -0.232 e. The molecule has 0 bridgehead atoms. The van der Waals surface area contributed by atoms with Gasteiger partial charge in [-0.1, -0.05) is 69.3 Å². The normalized spacial score (nSPS) is 12.3. The van der Waals surface area contributed by atoms with Crippen LogP contribution in [0.15, 0.2) is 66.9 Å². The van der Waals surface area contributed by atoms with Crippen molar-refractivity contribution in [1.29, 1.82) is 0 Å². The van der Waals surface area contributed by atoms with E-state index in [0.717, 1.165) is 5.52 Å². The van der Waals surface area contributed by atoms with Crippen molar-refractivity contribution in [2.45, 2.75) is 40.0 Å². The first-order valence-corrected chi connectivity index (χ1v) is 10.3. The lowest BCUT2D eigenvalue weighted by atomic mass is 9.85. The van der Waals surface area contributed by atoms with Gasteiger partial charge in [0.05, 0.1) is 17.2 Å². The Morgan fingerprint density at radius 2 is 1.45 bits per heavy atom. The van der Waals surface area contributed by atoms with Crippen LogP contribution < -0.4 is 0 Å². The van der Waals surface area contributed by atoms with E-state index in [-0.39, 0.29) is 5.41 Å². The van der Waals surface area contributed by atoms with Gasteiger partial charge in [-0.05, 0) is 59.0 Å². The van der Waals surface area contributed by atoms with Crippen molar-refractivity contribution in [2.75, 3.05) is 0 Å². The van der Waals surface area contributed by atoms with E-state index in [1.54, 1.807) is 0 Å². The lowest BCUT2D eigenvalue weighted by Crippen LogP contribution is -2.11. The summed E-state index contributed by atoms with van der Waals surface area (Å²) in [5, 5.41) is 8.66. The molecule has 0 radical (unpaired) electrons. The van der Waals surface area contributed by atoms with Crippen LogP contribution in [0.4, 0.5) is 0 Å². The molecule has 0 aliphatic rings. The maximum Gasteiger partial charge on any atom is 0.0826 e. The predicted octanol–water partition coefficient (Wildman–Crippen LogP) is 7.22. The summed E-state index contributed by atoms with van der Waals surface area (Å²) in [5.41, 5.74) is 8.86. The smallest absolute Gasteiger partial charge is 0.0826 e. The van der Waals surface area contributed by atoms with Crippen LogP contribution in [0, 0.1) is 13.8 Å². The maximum atomic E-state index is 4.86. The van der Waals surface area contributed by atoms with E-state index < -0.39 is 0 Å². The number of rotatable bonds is 1. The summed E-state index contributed by atoms with van der Waals surface area (Å²) in [6.45, 7) is 11.2. The Kier molecular flexibility index (Phi) is 3.82. The van der Waals surface area contributed by atoms with Gasteiger partial charge in [0.1, 0.15) is 0 Å². The summed E-state index contributed by atoms with van der Waals surface area (Å²) in [5.74, 6) is 0. The third kappa shape index (κ3) is 2.66. The first kappa shape index (κ1) is 17.9. The quantitative estimate of drug-likeness (QED) is 0.281. The number of nitrogens with zero attached hydrogens (tertiary/aromatic N) is 2. The van der Waals surface area contributed by atoms with Crippen LogP contribution in [0.2, 0.25) is 0 Å². The molecule has 0 fully saturated rings. The number of pyridine rings is 1. The molecule has 3 aromatic carbocycles. The van der Waals surface area contributed by atoms with Crippen LogP contribution in [0.25, 0.3) is 38.3 Å². The monoisotopic (exact) mass is 378 g/mol. The van der Waals surface area contributed by atoms with E-state index >= 15 is 0 Å². The summed E-state index contributed by atoms with van der Waals surface area (Å²) in [6.07, 6.45) is 2.04. The van der Waals surface area contributed by atoms with Crippen molar-refractivity contribution < 1.29 is 0 Å². The van der Waals surface area contributed by atoms with Gasteiger partial charge in [0, 0.05) is 16.3 Å². The lowest BCUT2D eigenvalue weighted by Gasteiger charge is -2.20. The first-order chi connectivity index (χ1) is 13.9. The third-order valence-corrected chi connectivity index (χ3v) is 6.08. The molecule has 5 aromatic rings. The molecule has 0 aliphatic heterocycles. The fourth-order valence-electron chi connectivity index (χ4n) is 4.54. The largest absolute Gasteiger partial charge is 0.232 e. The van der Waals surface area contributed by atoms with Gasteiger partial charge in [0.25, 0.3) is 0 Å². The molecule has 0 atom stereocenters. The van der Waals surface area contributed by atoms with Crippen LogP contribution >= 0.6 is 0 Å². The van der Waals surface area contributed by atoms with Crippen molar-refractivity contribution in [3.05, 3.63) is 83.6 Å². The molecule has 2 aromatic heterocycles. The number of hydrogen-bond donors (Lipinski definition) is 0. The van der Waals surface area contributed by atoms with E-state index in [1.165, 1.54) is 49.5 Å². The Hall–Kier alpha value is -3.13. The molecule has 144 valence electrons. The summed E-state index contributed by atoms with van der Waals surface area (Å²) in [7, 11) is 0. The molecule has 2 nitrogen and oxygen atoms in total. The summed E-state index contributed by atoms with van der Waals surface area (Å²) < 4.78 is 2.13. The highest BCUT2D eigenvalue weighted by molar-refractivity contribution is 6.15. The van der Waals surface area contributed by atoms with Crippen LogP contribution in [0.5, 0.6) is 0 Å². The first-order valence-electron chi connectivity index (χ1n) is 10.3. The van der Waals surface area contributed by atoms with E-state index in [9.17, 15) is 0 Å². The predicted molar refractivity (Wildman–Crippen MR) is 124 cm³/mol. The zero-order chi connectivity index (χ0) is 20.3. The summed E-state index contributed by atoms with van der Waals surface area (Å²) in [4.78, 5) is 0. The standard InChI is InChI=1S/C27H26N2/c1-17-9-8-10-18(2)25(17)23-16-28-29-24-14-13-19(27(3,4)5)15-22(24)20-11-6-7-12-21(20)26(23)29/h6-16H,1-5H3. The molecule has 0 unspecified atom stereocenters. The van der Waals surface area contributed by atoms with Crippen LogP contribution in [-0.4, -0.2) is 9.61 Å². The lowest BCUT2D eigenvalue weighted by molar-refractivity contribution is 0.591. The Labute approximate surface area is 171 Å². The molecule has 29 heavy (non-hydrogen) atoms. The summed E-state index contributed by atoms with van der Waals surface area (Å²) >= 11 is 0. The van der Waals surface area contributed by atoms with Gasteiger partial charge >= 0.3 is 0 Å². The van der Waals surface area contributed by atoms with Crippen molar-refractivity contribution in [3.8, 4) is 11.1 Å². The van der Waals surface area contributed by atoms with Crippen molar-refractivity contribution in [3.63, 3.8) is 0 Å². The zero-order valence-corrected chi connectivity index (χ0v) is 17.7. The molecule has 2 heterocycles. The van der Waals surface area contributed by atoms with Gasteiger partial charge in [0.2, 0.25) is 0 Å². The Balaban J connectivity index is 1.97. The van der Waals surface area contributed by atoms with Crippen LogP contribution in [0.3, 0.4) is 0 Å². The third-order valence-electron chi connectivity index (χ3n) is 6.08. The fraction of sp³-hybridized carbons (Fsp3) is 0.222. The van der Waals surface area contributed by atoms with E-state index in [2.05, 4.69) is 99.8 Å². The molecule has 2 heteroatoms. The number of aryl methyl sites for hydroxylation is 2. The molecule has 0 N–H and O–H groups in total. The number of fused-ring (bicyclic) bond motifs is 6. The second-order valence-electron chi connectivity index (χ2n) is 9.11. The highest BCUT2D eigenvalue weighted by Crippen LogP contribution is 2.38. The van der Waals surface area contributed by atoms with Crippen molar-refractivity contribution in [2.24, 2.45) is 0 Å². The van der Waals surface area contributed by atoms with Crippen LogP contribution in [0.1, 0.15) is 37.5 Å². The van der Waals surface area contributed by atoms with Gasteiger partial charge in [-0.25, -0.2) is 4.52 Å². The highest BCUT2D eigenvalue weighted by atomic mass is 15.2. The maximum absolute atomic E-state index is 4.86. The van der Waals surface area contributed by atoms with E-state index in [0.29, 0.717) is 0 Å². The number of benzene rings is 3. The van der Waals surface area contributed by atoms with Gasteiger partial charge in [-0.15, -0.1) is 0 Å². The average molecular weight is 379 g/mol. The van der Waals surface area contributed by atoms with Gasteiger partial charge in [-0.3, -0.25) is 0 Å². The van der Waals surface area contributed by atoms with E-state index in [1.807, 2.05) is 6.20 Å². The highest BCUT2D eigenvalue weighted by Gasteiger charge is 2.19. The molecule has 0 aliphatic carbocycles. The molecule has 5 rings (SSSR count). The molecular formula is C27H26N2. The summed E-state index contributed by atoms with van der Waals surface area (Å²) in [6, 6.07) is 22.1. The van der Waals surface area contributed by atoms with Crippen molar-refractivity contribution >= 4 is 27.2 Å². The average Bonchev–Trinajstić information content (AvgIpc) is 3.12. The SMILES string of the molecule is Cc1cccc(C)c1-c1cnn2c3ccc(C(C)(C)C)cc3c3ccccc3c12. The Bertz CT molecular complexity index is 1380. The minimum atomic E-state index is 0.109. The topological polar surface area (TPSA) is 17.3 Å². The van der Waals surface area contributed by atoms with Crippen LogP contribution in [-0.2, 0) is 5.41 Å². The number of aromatic nitrogens is 2. The second kappa shape index (κ2) is 6.18. The fourth-order valence-corrected chi connectivity index (χ4v) is 4.54. The van der Waals surface area contributed by atoms with E-state index in [4.69, 9.17) is 5.10 Å². The van der Waals surface area contributed by atoms with Gasteiger partial charge < -0.3 is 0 Å². The van der Waals surface area contributed by atoms with Crippen molar-refractivity contribution in [1.82, 2.24) is 9.61 Å². The molecule has 0 saturated heterocycles.